The van der Waals surface area contributed by atoms with Crippen molar-refractivity contribution in [2.75, 3.05) is 6.54 Å². The molecule has 1 saturated heterocycles. The van der Waals surface area contributed by atoms with Crippen molar-refractivity contribution in [2.45, 2.75) is 52.0 Å². The van der Waals surface area contributed by atoms with Crippen molar-refractivity contribution in [1.82, 2.24) is 4.90 Å². The van der Waals surface area contributed by atoms with Gasteiger partial charge in [-0.15, -0.1) is 0 Å². The molecule has 2 atom stereocenters. The zero-order valence-corrected chi connectivity index (χ0v) is 11.6. The maximum Gasteiger partial charge on any atom is 0.233 e. The lowest BCUT2D eigenvalue weighted by atomic mass is 9.90. The van der Waals surface area contributed by atoms with Crippen LogP contribution < -0.4 is 5.73 Å². The van der Waals surface area contributed by atoms with Crippen molar-refractivity contribution in [3.63, 3.8) is 0 Å². The smallest absolute Gasteiger partial charge is 0.233 e. The highest BCUT2D eigenvalue weighted by atomic mass is 16.2. The Bertz CT molecular complexity index is 331. The molecule has 4 heteroatoms. The lowest BCUT2D eigenvalue weighted by Gasteiger charge is -2.39. The summed E-state index contributed by atoms with van der Waals surface area (Å²) in [5.74, 6) is 0.408. The summed E-state index contributed by atoms with van der Waals surface area (Å²) in [6.45, 7) is 6.51. The van der Waals surface area contributed by atoms with Crippen LogP contribution in [0.25, 0.3) is 0 Å². The van der Waals surface area contributed by atoms with E-state index in [0.29, 0.717) is 12.5 Å². The summed E-state index contributed by atoms with van der Waals surface area (Å²) >= 11 is 0. The van der Waals surface area contributed by atoms with Gasteiger partial charge in [-0.25, -0.2) is 0 Å². The zero-order chi connectivity index (χ0) is 13.5. The second-order valence-corrected chi connectivity index (χ2v) is 5.94. The predicted molar refractivity (Wildman–Crippen MR) is 69.6 cm³/mol. The van der Waals surface area contributed by atoms with Crippen LogP contribution in [0.1, 0.15) is 46.5 Å². The van der Waals surface area contributed by atoms with Gasteiger partial charge in [0.2, 0.25) is 11.8 Å². The molecule has 0 aromatic carbocycles. The number of nitrogens with zero attached hydrogens (tertiary/aromatic N) is 1. The Morgan fingerprint density at radius 2 is 1.61 bits per heavy atom. The van der Waals surface area contributed by atoms with Gasteiger partial charge in [0.1, 0.15) is 0 Å². The number of hydrogen-bond acceptors (Lipinski definition) is 3. The maximum absolute atomic E-state index is 12.5. The minimum absolute atomic E-state index is 0.0310. The number of imide groups is 1. The van der Waals surface area contributed by atoms with E-state index in [1.807, 2.05) is 13.8 Å². The van der Waals surface area contributed by atoms with Crippen molar-refractivity contribution in [3.05, 3.63) is 0 Å². The van der Waals surface area contributed by atoms with Crippen LogP contribution in [0.5, 0.6) is 0 Å². The quantitative estimate of drug-likeness (QED) is 0.772. The number of fused-ring (bicyclic) bond motifs is 1. The minimum atomic E-state index is -0.457. The summed E-state index contributed by atoms with van der Waals surface area (Å²) < 4.78 is 0. The highest BCUT2D eigenvalue weighted by Crippen LogP contribution is 2.45. The molecule has 1 aliphatic carbocycles. The Hall–Kier alpha value is -0.900. The van der Waals surface area contributed by atoms with Crippen LogP contribution >= 0.6 is 0 Å². The van der Waals surface area contributed by atoms with Gasteiger partial charge in [0.05, 0.1) is 17.4 Å². The SMILES string of the molecule is CCC(CC)(CN)N1C(=O)C2CC(C)CC2C1=O. The first kappa shape index (κ1) is 13.5. The lowest BCUT2D eigenvalue weighted by molar-refractivity contribution is -0.148. The summed E-state index contributed by atoms with van der Waals surface area (Å²) in [6.07, 6.45) is 3.21. The summed E-state index contributed by atoms with van der Waals surface area (Å²) in [5.41, 5.74) is 5.41. The topological polar surface area (TPSA) is 63.4 Å². The first-order valence-electron chi connectivity index (χ1n) is 7.08. The van der Waals surface area contributed by atoms with Gasteiger partial charge >= 0.3 is 0 Å². The molecule has 2 N–H and O–H groups in total. The summed E-state index contributed by atoms with van der Waals surface area (Å²) in [6, 6.07) is 0. The molecule has 0 aromatic rings. The van der Waals surface area contributed by atoms with Crippen LogP contribution in [0.4, 0.5) is 0 Å². The normalized spacial score (nSPS) is 32.2. The van der Waals surface area contributed by atoms with Gasteiger partial charge < -0.3 is 5.73 Å². The summed E-state index contributed by atoms with van der Waals surface area (Å²) in [7, 11) is 0. The minimum Gasteiger partial charge on any atom is -0.328 e. The van der Waals surface area contributed by atoms with Gasteiger partial charge in [-0.3, -0.25) is 14.5 Å². The van der Waals surface area contributed by atoms with Crippen LogP contribution in [0, 0.1) is 17.8 Å². The molecule has 0 radical (unpaired) electrons. The molecule has 102 valence electrons. The number of nitrogens with two attached hydrogens (primary N) is 1. The fourth-order valence-electron chi connectivity index (χ4n) is 3.69. The average molecular weight is 252 g/mol. The van der Waals surface area contributed by atoms with E-state index in [9.17, 15) is 9.59 Å². The molecule has 1 heterocycles. The van der Waals surface area contributed by atoms with Crippen molar-refractivity contribution in [1.29, 1.82) is 0 Å². The predicted octanol–water partition coefficient (Wildman–Crippen LogP) is 1.54. The van der Waals surface area contributed by atoms with Crippen LogP contribution in [-0.4, -0.2) is 28.8 Å². The molecule has 1 saturated carbocycles. The van der Waals surface area contributed by atoms with E-state index in [1.54, 1.807) is 0 Å². The molecule has 0 bridgehead atoms. The van der Waals surface area contributed by atoms with Gasteiger partial charge in [-0.05, 0) is 31.6 Å². The first-order valence-corrected chi connectivity index (χ1v) is 7.08. The molecular weight excluding hydrogens is 228 g/mol. The third-order valence-electron chi connectivity index (χ3n) is 5.04. The zero-order valence-electron chi connectivity index (χ0n) is 11.6. The summed E-state index contributed by atoms with van der Waals surface area (Å²) in [4.78, 5) is 26.6. The highest BCUT2D eigenvalue weighted by molar-refractivity contribution is 6.06. The third kappa shape index (κ3) is 1.69. The molecule has 2 unspecified atom stereocenters. The molecule has 1 aliphatic heterocycles. The molecule has 2 amide bonds. The molecule has 2 rings (SSSR count). The monoisotopic (exact) mass is 252 g/mol. The van der Waals surface area contributed by atoms with Gasteiger partial charge in [-0.1, -0.05) is 20.8 Å². The van der Waals surface area contributed by atoms with Crippen molar-refractivity contribution in [2.24, 2.45) is 23.5 Å². The van der Waals surface area contributed by atoms with Crippen LogP contribution in [0.2, 0.25) is 0 Å². The fourth-order valence-corrected chi connectivity index (χ4v) is 3.69. The largest absolute Gasteiger partial charge is 0.328 e. The van der Waals surface area contributed by atoms with Crippen molar-refractivity contribution < 1.29 is 9.59 Å². The Labute approximate surface area is 109 Å². The molecule has 4 nitrogen and oxygen atoms in total. The average Bonchev–Trinajstić information content (AvgIpc) is 2.85. The molecule has 2 aliphatic rings. The van der Waals surface area contributed by atoms with Gasteiger partial charge in [0, 0.05) is 6.54 Å². The lowest BCUT2D eigenvalue weighted by Crippen LogP contribution is -2.56. The van der Waals surface area contributed by atoms with Gasteiger partial charge in [0.25, 0.3) is 0 Å². The molecule has 2 fully saturated rings. The van der Waals surface area contributed by atoms with Gasteiger partial charge in [0.15, 0.2) is 0 Å². The van der Waals surface area contributed by atoms with Crippen LogP contribution in [-0.2, 0) is 9.59 Å². The maximum atomic E-state index is 12.5. The van der Waals surface area contributed by atoms with Crippen LogP contribution in [0.3, 0.4) is 0 Å². The Morgan fingerprint density at radius 1 is 1.17 bits per heavy atom. The van der Waals surface area contributed by atoms with E-state index < -0.39 is 5.54 Å². The summed E-state index contributed by atoms with van der Waals surface area (Å²) in [5, 5.41) is 0. The highest BCUT2D eigenvalue weighted by Gasteiger charge is 2.56. The van der Waals surface area contributed by atoms with Crippen molar-refractivity contribution in [3.8, 4) is 0 Å². The van der Waals surface area contributed by atoms with E-state index in [1.165, 1.54) is 4.90 Å². The number of amides is 2. The standard InChI is InChI=1S/C14H24N2O2/c1-4-14(5-2,8-15)16-12(17)10-6-9(3)7-11(10)13(16)18/h9-11H,4-8,15H2,1-3H3. The number of rotatable bonds is 4. The van der Waals surface area contributed by atoms with Crippen molar-refractivity contribution >= 4 is 11.8 Å². The van der Waals surface area contributed by atoms with E-state index >= 15 is 0 Å². The molecule has 0 aromatic heterocycles. The Morgan fingerprint density at radius 3 is 1.94 bits per heavy atom. The Kier molecular flexibility index (Phi) is 3.49. The third-order valence-corrected chi connectivity index (χ3v) is 5.04. The van der Waals surface area contributed by atoms with Crippen LogP contribution in [0.15, 0.2) is 0 Å². The molecular formula is C14H24N2O2. The Balaban J connectivity index is 2.31. The van der Waals surface area contributed by atoms with E-state index in [4.69, 9.17) is 5.73 Å². The first-order chi connectivity index (χ1) is 8.50. The van der Waals surface area contributed by atoms with E-state index in [2.05, 4.69) is 6.92 Å². The number of carbonyl (C=O) groups excluding carboxylic acids is 2. The van der Waals surface area contributed by atoms with E-state index in [0.717, 1.165) is 25.7 Å². The molecule has 0 spiro atoms. The number of likely N-dealkylation sites (tertiary alicyclic amines) is 1. The number of hydrogen-bond donors (Lipinski definition) is 1. The molecule has 18 heavy (non-hydrogen) atoms. The second kappa shape index (κ2) is 4.65. The van der Waals surface area contributed by atoms with Gasteiger partial charge in [-0.2, -0.15) is 0 Å². The second-order valence-electron chi connectivity index (χ2n) is 5.94. The number of carbonyl (C=O) groups is 2. The fraction of sp³-hybridized carbons (Fsp3) is 0.857. The van der Waals surface area contributed by atoms with E-state index in [-0.39, 0.29) is 23.7 Å².